The van der Waals surface area contributed by atoms with Crippen LogP contribution < -0.4 is 44.3 Å². The Morgan fingerprint density at radius 2 is 1.84 bits per heavy atom. The summed E-state index contributed by atoms with van der Waals surface area (Å²) < 4.78 is 20.2. The molecule has 0 N–H and O–H groups in total. The van der Waals surface area contributed by atoms with Crippen molar-refractivity contribution in [3.63, 3.8) is 0 Å². The van der Waals surface area contributed by atoms with Crippen LogP contribution in [0.2, 0.25) is 0 Å². The number of anilines is 2. The summed E-state index contributed by atoms with van der Waals surface area (Å²) in [4.78, 5) is 12.9. The number of hydrogen-bond donors (Lipinski definition) is 0. The van der Waals surface area contributed by atoms with Crippen molar-refractivity contribution in [2.75, 3.05) is 11.4 Å². The molecule has 31 heavy (non-hydrogen) atoms. The van der Waals surface area contributed by atoms with Gasteiger partial charge in [-0.2, -0.15) is 0 Å². The van der Waals surface area contributed by atoms with Crippen molar-refractivity contribution in [2.45, 2.75) is 32.3 Å². The fourth-order valence-corrected chi connectivity index (χ4v) is 3.93. The fourth-order valence-electron chi connectivity index (χ4n) is 3.93. The maximum Gasteiger partial charge on any atom is 1.00 e. The minimum atomic E-state index is -1.19. The fraction of sp³-hybridized carbons (Fsp3) is 0.240. The predicted molar refractivity (Wildman–Crippen MR) is 112 cm³/mol. The van der Waals surface area contributed by atoms with Gasteiger partial charge in [-0.15, -0.1) is 0 Å². The summed E-state index contributed by atoms with van der Waals surface area (Å²) in [6, 6.07) is 21.1. The van der Waals surface area contributed by atoms with Crippen molar-refractivity contribution in [1.29, 1.82) is 0 Å². The second kappa shape index (κ2) is 10.8. The summed E-state index contributed by atoms with van der Waals surface area (Å²) in [6.45, 7) is 1.26. The summed E-state index contributed by atoms with van der Waals surface area (Å²) in [5, 5.41) is 10.6. The summed E-state index contributed by atoms with van der Waals surface area (Å²) >= 11 is 0. The number of benzene rings is 3. The molecular weight excluding hydrogens is 404 g/mol. The van der Waals surface area contributed by atoms with Gasteiger partial charge >= 0.3 is 29.6 Å². The van der Waals surface area contributed by atoms with E-state index >= 15 is 0 Å². The molecule has 0 fully saturated rings. The Balaban J connectivity index is 0.00000272. The second-order valence-electron chi connectivity index (χ2n) is 7.43. The predicted octanol–water partition coefficient (Wildman–Crippen LogP) is 1.18. The number of para-hydroxylation sites is 2. The van der Waals surface area contributed by atoms with Gasteiger partial charge in [0.2, 0.25) is 0 Å². The maximum absolute atomic E-state index is 14.3. The Bertz CT molecular complexity index is 1040. The van der Waals surface area contributed by atoms with E-state index in [1.807, 2.05) is 30.3 Å². The Hall–Kier alpha value is -2.34. The molecule has 1 heterocycles. The molecule has 0 unspecified atom stereocenters. The number of carboxylic acid groups (broad SMARTS) is 1. The van der Waals surface area contributed by atoms with E-state index in [1.165, 1.54) is 17.3 Å². The number of carboxylic acids is 1. The molecule has 0 spiro atoms. The third kappa shape index (κ3) is 5.67. The van der Waals surface area contributed by atoms with Gasteiger partial charge in [0.1, 0.15) is 18.2 Å². The molecule has 154 valence electrons. The largest absolute Gasteiger partial charge is 1.00 e. The van der Waals surface area contributed by atoms with Crippen molar-refractivity contribution in [2.24, 2.45) is 0 Å². The van der Waals surface area contributed by atoms with Crippen LogP contribution in [0.5, 0.6) is 5.75 Å². The van der Waals surface area contributed by atoms with Crippen LogP contribution >= 0.6 is 0 Å². The smallest absolute Gasteiger partial charge is 0.550 e. The molecule has 1 aliphatic rings. The first kappa shape index (κ1) is 23.3. The Kier molecular flexibility index (Phi) is 8.13. The molecule has 0 aliphatic carbocycles. The summed E-state index contributed by atoms with van der Waals surface area (Å²) in [7, 11) is 0. The molecule has 1 aliphatic heterocycles. The van der Waals surface area contributed by atoms with Crippen molar-refractivity contribution in [1.82, 2.24) is 0 Å². The molecule has 6 heteroatoms. The average molecular weight is 427 g/mol. The Labute approximate surface area is 204 Å². The summed E-state index contributed by atoms with van der Waals surface area (Å²) in [5.41, 5.74) is 5.00. The topological polar surface area (TPSA) is 52.6 Å². The standard InChI is InChI=1S/C25H24FNO3.Na/c26-23-16-22(13-11-18(23)12-14-24(28)29)30-17-20-7-4-6-19-8-5-15-27(25(19)20)21-9-2-1-3-10-21;/h1-4,6-7,9-11,13,16H,5,8,12,14-15,17H2,(H,28,29);/q;+1/p-1. The number of halogens is 1. The van der Waals surface area contributed by atoms with Gasteiger partial charge in [0, 0.05) is 29.8 Å². The maximum atomic E-state index is 14.3. The van der Waals surface area contributed by atoms with Gasteiger partial charge in [0.05, 0.1) is 5.69 Å². The number of carbonyl (C=O) groups excluding carboxylic acids is 1. The van der Waals surface area contributed by atoms with Crippen LogP contribution in [0.15, 0.2) is 66.7 Å². The molecular formula is C25H23FNNaO3. The normalized spacial score (nSPS) is 12.6. The van der Waals surface area contributed by atoms with E-state index in [4.69, 9.17) is 4.74 Å². The molecule has 4 rings (SSSR count). The first-order valence-electron chi connectivity index (χ1n) is 10.2. The zero-order chi connectivity index (χ0) is 20.9. The zero-order valence-electron chi connectivity index (χ0n) is 17.6. The van der Waals surface area contributed by atoms with Crippen molar-refractivity contribution in [3.8, 4) is 5.75 Å². The van der Waals surface area contributed by atoms with Crippen LogP contribution in [0, 0.1) is 5.82 Å². The van der Waals surface area contributed by atoms with Crippen molar-refractivity contribution >= 4 is 17.3 Å². The van der Waals surface area contributed by atoms with Crippen LogP contribution in [0.3, 0.4) is 0 Å². The number of aliphatic carboxylic acids is 1. The third-order valence-electron chi connectivity index (χ3n) is 5.39. The average Bonchev–Trinajstić information content (AvgIpc) is 2.77. The number of carbonyl (C=O) groups is 1. The van der Waals surface area contributed by atoms with Crippen molar-refractivity contribution in [3.05, 3.63) is 89.2 Å². The molecule has 0 amide bonds. The van der Waals surface area contributed by atoms with E-state index in [1.54, 1.807) is 12.1 Å². The number of hydrogen-bond acceptors (Lipinski definition) is 4. The third-order valence-corrected chi connectivity index (χ3v) is 5.39. The number of nitrogens with zero attached hydrogens (tertiary/aromatic N) is 1. The molecule has 0 saturated carbocycles. The number of fused-ring (bicyclic) bond motifs is 1. The zero-order valence-corrected chi connectivity index (χ0v) is 19.6. The number of rotatable bonds is 7. The van der Waals surface area contributed by atoms with Gasteiger partial charge in [-0.05, 0) is 55.0 Å². The van der Waals surface area contributed by atoms with Gasteiger partial charge in [0.25, 0.3) is 0 Å². The van der Waals surface area contributed by atoms with Crippen LogP contribution in [0.25, 0.3) is 0 Å². The summed E-state index contributed by atoms with van der Waals surface area (Å²) in [5.74, 6) is -1.23. The summed E-state index contributed by atoms with van der Waals surface area (Å²) in [6.07, 6.45) is 2.01. The molecule has 3 aromatic carbocycles. The van der Waals surface area contributed by atoms with Gasteiger partial charge in [-0.1, -0.05) is 42.5 Å². The molecule has 0 aromatic heterocycles. The molecule has 3 aromatic rings. The number of aryl methyl sites for hydroxylation is 2. The van der Waals surface area contributed by atoms with E-state index in [0.29, 0.717) is 17.9 Å². The number of ether oxygens (including phenoxy) is 1. The van der Waals surface area contributed by atoms with Crippen LogP contribution in [-0.4, -0.2) is 12.5 Å². The first-order valence-corrected chi connectivity index (χ1v) is 10.2. The Morgan fingerprint density at radius 1 is 1.03 bits per heavy atom. The van der Waals surface area contributed by atoms with Gasteiger partial charge in [-0.25, -0.2) is 4.39 Å². The minimum Gasteiger partial charge on any atom is -0.550 e. The quantitative estimate of drug-likeness (QED) is 0.532. The monoisotopic (exact) mass is 427 g/mol. The van der Waals surface area contributed by atoms with Crippen LogP contribution in [0.1, 0.15) is 29.5 Å². The first-order chi connectivity index (χ1) is 14.6. The molecule has 0 atom stereocenters. The van der Waals surface area contributed by atoms with Crippen molar-refractivity contribution < 1.29 is 48.6 Å². The molecule has 0 saturated heterocycles. The molecule has 4 nitrogen and oxygen atoms in total. The molecule has 0 radical (unpaired) electrons. The van der Waals surface area contributed by atoms with E-state index in [-0.39, 0.29) is 42.4 Å². The van der Waals surface area contributed by atoms with E-state index < -0.39 is 11.8 Å². The van der Waals surface area contributed by atoms with E-state index in [0.717, 1.165) is 30.6 Å². The minimum absolute atomic E-state index is 0. The SMILES string of the molecule is O=C([O-])CCc1ccc(OCc2cccc3c2N(c2ccccc2)CCC3)cc1F.[Na+]. The van der Waals surface area contributed by atoms with E-state index in [9.17, 15) is 14.3 Å². The van der Waals surface area contributed by atoms with Gasteiger partial charge in [-0.3, -0.25) is 0 Å². The van der Waals surface area contributed by atoms with Crippen LogP contribution in [-0.2, 0) is 24.2 Å². The van der Waals surface area contributed by atoms with Crippen LogP contribution in [0.4, 0.5) is 15.8 Å². The van der Waals surface area contributed by atoms with E-state index in [2.05, 4.69) is 23.1 Å². The molecule has 0 bridgehead atoms. The second-order valence-corrected chi connectivity index (χ2v) is 7.43. The van der Waals surface area contributed by atoms with Gasteiger partial charge in [0.15, 0.2) is 0 Å². The Morgan fingerprint density at radius 3 is 2.58 bits per heavy atom. The van der Waals surface area contributed by atoms with Gasteiger partial charge < -0.3 is 19.5 Å².